The quantitative estimate of drug-likeness (QED) is 0.681. The van der Waals surface area contributed by atoms with E-state index in [0.29, 0.717) is 19.5 Å². The number of likely N-dealkylation sites (tertiary alicyclic amines) is 1. The fourth-order valence-electron chi connectivity index (χ4n) is 3.29. The number of nitrogens with one attached hydrogen (secondary N) is 1. The summed E-state index contributed by atoms with van der Waals surface area (Å²) in [6.07, 6.45) is -4.49. The number of ether oxygens (including phenoxy) is 3. The van der Waals surface area contributed by atoms with E-state index in [2.05, 4.69) is 4.72 Å². The highest BCUT2D eigenvalue weighted by Gasteiger charge is 2.36. The lowest BCUT2D eigenvalue weighted by Gasteiger charge is -2.20. The van der Waals surface area contributed by atoms with Crippen molar-refractivity contribution < 1.29 is 35.8 Å². The molecule has 0 unspecified atom stereocenters. The smallest absolute Gasteiger partial charge is 0.419 e. The summed E-state index contributed by atoms with van der Waals surface area (Å²) < 4.78 is 84.3. The summed E-state index contributed by atoms with van der Waals surface area (Å²) in [6.45, 7) is 1.18. The molecule has 1 aliphatic rings. The van der Waals surface area contributed by atoms with Crippen molar-refractivity contribution in [2.45, 2.75) is 23.6 Å². The molecule has 2 aromatic rings. The van der Waals surface area contributed by atoms with Gasteiger partial charge in [-0.2, -0.15) is 13.2 Å². The van der Waals surface area contributed by atoms with Crippen molar-refractivity contribution in [1.29, 1.82) is 0 Å². The topological polar surface area (TPSA) is 77.1 Å². The summed E-state index contributed by atoms with van der Waals surface area (Å²) in [6, 6.07) is 7.10. The Balaban J connectivity index is 1.95. The fourth-order valence-corrected chi connectivity index (χ4v) is 4.53. The molecular weight excluding hydrogens is 437 g/mol. The molecule has 1 N–H and O–H groups in total. The highest BCUT2D eigenvalue weighted by atomic mass is 32.2. The molecule has 1 heterocycles. The molecule has 0 aliphatic carbocycles. The fraction of sp³-hybridized carbons (Fsp3) is 0.400. The molecule has 0 spiro atoms. The van der Waals surface area contributed by atoms with E-state index in [1.54, 1.807) is 0 Å². The van der Waals surface area contributed by atoms with Gasteiger partial charge in [0.1, 0.15) is 28.2 Å². The maximum absolute atomic E-state index is 13.5. The van der Waals surface area contributed by atoms with Crippen LogP contribution in [0.2, 0.25) is 0 Å². The maximum Gasteiger partial charge on any atom is 0.419 e. The normalized spacial score (nSPS) is 17.4. The van der Waals surface area contributed by atoms with Crippen molar-refractivity contribution >= 4 is 15.7 Å². The van der Waals surface area contributed by atoms with Crippen molar-refractivity contribution in [2.75, 3.05) is 39.1 Å². The average molecular weight is 460 g/mol. The first-order valence-corrected chi connectivity index (χ1v) is 10.8. The second-order valence-electron chi connectivity index (χ2n) is 7.12. The van der Waals surface area contributed by atoms with E-state index in [9.17, 15) is 21.6 Å². The van der Waals surface area contributed by atoms with Gasteiger partial charge in [-0.15, -0.1) is 0 Å². The molecule has 0 radical (unpaired) electrons. The van der Waals surface area contributed by atoms with Crippen molar-refractivity contribution in [3.63, 3.8) is 0 Å². The van der Waals surface area contributed by atoms with E-state index < -0.39 is 33.6 Å². The van der Waals surface area contributed by atoms with Crippen LogP contribution in [0.15, 0.2) is 41.3 Å². The monoisotopic (exact) mass is 460 g/mol. The molecule has 1 saturated heterocycles. The number of likely N-dealkylation sites (N-methyl/N-ethyl adjacent to an activating group) is 1. The lowest BCUT2D eigenvalue weighted by atomic mass is 10.1. The van der Waals surface area contributed by atoms with Crippen LogP contribution in [0.3, 0.4) is 0 Å². The van der Waals surface area contributed by atoms with Gasteiger partial charge < -0.3 is 19.1 Å². The number of hydrogen-bond acceptors (Lipinski definition) is 6. The number of hydrogen-bond donors (Lipinski definition) is 1. The summed E-state index contributed by atoms with van der Waals surface area (Å²) in [5.74, 6) is -0.0840. The molecule has 0 aromatic heterocycles. The number of sulfonamides is 1. The number of nitrogens with zero attached hydrogens (tertiary/aromatic N) is 1. The van der Waals surface area contributed by atoms with E-state index in [1.807, 2.05) is 11.9 Å². The van der Waals surface area contributed by atoms with Crippen LogP contribution in [0.25, 0.3) is 0 Å². The van der Waals surface area contributed by atoms with Gasteiger partial charge in [-0.1, -0.05) is 0 Å². The third kappa shape index (κ3) is 5.34. The third-order valence-electron chi connectivity index (χ3n) is 4.84. The molecule has 1 atom stereocenters. The van der Waals surface area contributed by atoms with Crippen molar-refractivity contribution in [2.24, 2.45) is 0 Å². The second-order valence-corrected chi connectivity index (χ2v) is 8.77. The Labute approximate surface area is 178 Å². The maximum atomic E-state index is 13.5. The SMILES string of the molecule is COc1ccc(OC)c(S(=O)(=O)Nc2ccc(C(F)(F)F)c(O[C@@H]3CCN(C)C3)c2)c1. The van der Waals surface area contributed by atoms with Gasteiger partial charge in [-0.3, -0.25) is 4.72 Å². The zero-order valence-electron chi connectivity index (χ0n) is 17.2. The molecule has 2 aromatic carbocycles. The Morgan fingerprint density at radius 1 is 1.06 bits per heavy atom. The molecule has 170 valence electrons. The summed E-state index contributed by atoms with van der Waals surface area (Å²) in [7, 11) is 0.347. The zero-order valence-corrected chi connectivity index (χ0v) is 18.0. The van der Waals surface area contributed by atoms with Crippen molar-refractivity contribution in [3.05, 3.63) is 42.0 Å². The van der Waals surface area contributed by atoms with Gasteiger partial charge in [0.2, 0.25) is 0 Å². The summed E-state index contributed by atoms with van der Waals surface area (Å²) in [4.78, 5) is 1.73. The molecular formula is C20H23F3N2O5S. The van der Waals surface area contributed by atoms with Crippen LogP contribution in [-0.2, 0) is 16.2 Å². The Morgan fingerprint density at radius 3 is 2.39 bits per heavy atom. The van der Waals surface area contributed by atoms with Crippen LogP contribution in [0.5, 0.6) is 17.2 Å². The minimum Gasteiger partial charge on any atom is -0.497 e. The minimum absolute atomic E-state index is 0.0608. The van der Waals surface area contributed by atoms with Gasteiger partial charge in [0.05, 0.1) is 25.5 Å². The second kappa shape index (κ2) is 8.83. The number of rotatable bonds is 7. The predicted octanol–water partition coefficient (Wildman–Crippen LogP) is 3.61. The molecule has 3 rings (SSSR count). The van der Waals surface area contributed by atoms with Gasteiger partial charge in [0.15, 0.2) is 0 Å². The predicted molar refractivity (Wildman–Crippen MR) is 108 cm³/mol. The molecule has 31 heavy (non-hydrogen) atoms. The molecule has 1 aliphatic heterocycles. The first-order valence-electron chi connectivity index (χ1n) is 9.35. The number of halogens is 3. The zero-order chi connectivity index (χ0) is 22.8. The average Bonchev–Trinajstić information content (AvgIpc) is 3.11. The van der Waals surface area contributed by atoms with Crippen LogP contribution in [0.1, 0.15) is 12.0 Å². The molecule has 0 amide bonds. The van der Waals surface area contributed by atoms with Gasteiger partial charge in [0, 0.05) is 25.2 Å². The third-order valence-corrected chi connectivity index (χ3v) is 6.24. The number of benzene rings is 2. The van der Waals surface area contributed by atoms with E-state index in [1.165, 1.54) is 32.4 Å². The summed E-state index contributed by atoms with van der Waals surface area (Å²) in [5, 5.41) is 0. The van der Waals surface area contributed by atoms with Crippen LogP contribution >= 0.6 is 0 Å². The van der Waals surface area contributed by atoms with E-state index in [-0.39, 0.29) is 22.1 Å². The minimum atomic E-state index is -4.65. The Morgan fingerprint density at radius 2 is 1.81 bits per heavy atom. The van der Waals surface area contributed by atoms with Crippen LogP contribution in [-0.4, -0.2) is 53.8 Å². The Hall–Kier alpha value is -2.66. The summed E-state index contributed by atoms with van der Waals surface area (Å²) in [5.41, 5.74) is -1.04. The highest BCUT2D eigenvalue weighted by molar-refractivity contribution is 7.92. The largest absolute Gasteiger partial charge is 0.497 e. The van der Waals surface area contributed by atoms with Crippen LogP contribution in [0, 0.1) is 0 Å². The van der Waals surface area contributed by atoms with Gasteiger partial charge in [0.25, 0.3) is 10.0 Å². The van der Waals surface area contributed by atoms with Crippen molar-refractivity contribution in [1.82, 2.24) is 4.90 Å². The first-order chi connectivity index (χ1) is 14.5. The number of anilines is 1. The molecule has 7 nitrogen and oxygen atoms in total. The lowest BCUT2D eigenvalue weighted by Crippen LogP contribution is -2.23. The van der Waals surface area contributed by atoms with E-state index in [0.717, 1.165) is 18.2 Å². The number of methoxy groups -OCH3 is 2. The Bertz CT molecular complexity index is 1040. The van der Waals surface area contributed by atoms with Crippen molar-refractivity contribution in [3.8, 4) is 17.2 Å². The lowest BCUT2D eigenvalue weighted by molar-refractivity contribution is -0.139. The standard InChI is InChI=1S/C20H23F3N2O5S/c1-25-9-8-15(12-25)30-18-10-13(4-6-16(18)20(21,22)23)24-31(26,27)19-11-14(28-2)5-7-17(19)29-3/h4-7,10-11,15,24H,8-9,12H2,1-3H3/t15-/m1/s1. The van der Waals surface area contributed by atoms with E-state index in [4.69, 9.17) is 14.2 Å². The summed E-state index contributed by atoms with van der Waals surface area (Å²) >= 11 is 0. The van der Waals surface area contributed by atoms with E-state index >= 15 is 0 Å². The molecule has 11 heteroatoms. The van der Waals surface area contributed by atoms with Gasteiger partial charge >= 0.3 is 6.18 Å². The van der Waals surface area contributed by atoms with Crippen LogP contribution in [0.4, 0.5) is 18.9 Å². The Kier molecular flexibility index (Phi) is 6.56. The number of alkyl halides is 3. The highest BCUT2D eigenvalue weighted by Crippen LogP contribution is 2.39. The van der Waals surface area contributed by atoms with Crippen LogP contribution < -0.4 is 18.9 Å². The van der Waals surface area contributed by atoms with Gasteiger partial charge in [-0.25, -0.2) is 8.42 Å². The molecule has 0 bridgehead atoms. The van der Waals surface area contributed by atoms with Gasteiger partial charge in [-0.05, 0) is 37.7 Å². The molecule has 1 fully saturated rings. The first kappa shape index (κ1) is 23.0. The molecule has 0 saturated carbocycles.